The van der Waals surface area contributed by atoms with Gasteiger partial charge in [0.15, 0.2) is 0 Å². The van der Waals surface area contributed by atoms with Gasteiger partial charge in [0, 0.05) is 5.69 Å². The lowest BCUT2D eigenvalue weighted by Gasteiger charge is -2.07. The number of nitrogens with zero attached hydrogens (tertiary/aromatic N) is 1. The predicted octanol–water partition coefficient (Wildman–Crippen LogP) is 1.59. The molecule has 0 spiro atoms. The second kappa shape index (κ2) is 5.13. The van der Waals surface area contributed by atoms with Crippen LogP contribution in [0, 0.1) is 11.3 Å². The van der Waals surface area contributed by atoms with Crippen LogP contribution in [-0.2, 0) is 4.79 Å². The van der Waals surface area contributed by atoms with E-state index in [0.717, 1.165) is 5.56 Å². The number of anilines is 1. The molecule has 0 aliphatic carbocycles. The summed E-state index contributed by atoms with van der Waals surface area (Å²) in [5.74, 6) is -0.347. The lowest BCUT2D eigenvalue weighted by Crippen LogP contribution is -2.10. The third-order valence-electron chi connectivity index (χ3n) is 1.89. The average Bonchev–Trinajstić information content (AvgIpc) is 2.18. The molecule has 78 valence electrons. The molecule has 1 aromatic carbocycles. The number of carbonyl (C=O) groups excluding carboxylic acids is 1. The van der Waals surface area contributed by atoms with Crippen LogP contribution in [0.2, 0.25) is 0 Å². The average molecular weight is 204 g/mol. The molecule has 0 aliphatic heterocycles. The van der Waals surface area contributed by atoms with Crippen LogP contribution in [0.4, 0.5) is 5.69 Å². The zero-order valence-electron chi connectivity index (χ0n) is 8.40. The van der Waals surface area contributed by atoms with Gasteiger partial charge < -0.3 is 10.4 Å². The molecule has 4 nitrogen and oxygen atoms in total. The summed E-state index contributed by atoms with van der Waals surface area (Å²) >= 11 is 0. The van der Waals surface area contributed by atoms with Crippen molar-refractivity contribution in [2.24, 2.45) is 0 Å². The van der Waals surface area contributed by atoms with Crippen molar-refractivity contribution >= 4 is 11.6 Å². The molecule has 0 saturated carbocycles. The van der Waals surface area contributed by atoms with Gasteiger partial charge in [-0.25, -0.2) is 0 Å². The fourth-order valence-electron chi connectivity index (χ4n) is 1.15. The maximum atomic E-state index is 11.1. The van der Waals surface area contributed by atoms with E-state index in [0.29, 0.717) is 5.69 Å². The highest BCUT2D eigenvalue weighted by molar-refractivity contribution is 5.92. The van der Waals surface area contributed by atoms with E-state index >= 15 is 0 Å². The van der Waals surface area contributed by atoms with Gasteiger partial charge in [-0.05, 0) is 24.6 Å². The van der Waals surface area contributed by atoms with E-state index in [1.54, 1.807) is 37.3 Å². The Labute approximate surface area is 88.2 Å². The molecule has 1 amide bonds. The summed E-state index contributed by atoms with van der Waals surface area (Å²) in [7, 11) is 0. The van der Waals surface area contributed by atoms with E-state index < -0.39 is 6.10 Å². The van der Waals surface area contributed by atoms with Gasteiger partial charge in [0.2, 0.25) is 5.91 Å². The Bertz CT molecular complexity index is 394. The Morgan fingerprint density at radius 1 is 1.67 bits per heavy atom. The largest absolute Gasteiger partial charge is 0.389 e. The van der Waals surface area contributed by atoms with Crippen molar-refractivity contribution in [2.75, 3.05) is 5.32 Å². The first-order valence-corrected chi connectivity index (χ1v) is 4.58. The highest BCUT2D eigenvalue weighted by atomic mass is 16.3. The molecule has 1 rings (SSSR count). The summed E-state index contributed by atoms with van der Waals surface area (Å²) in [5.41, 5.74) is 1.32. The van der Waals surface area contributed by atoms with Crippen LogP contribution in [0.25, 0.3) is 0 Å². The van der Waals surface area contributed by atoms with Crippen LogP contribution in [0.5, 0.6) is 0 Å². The molecule has 4 heteroatoms. The van der Waals surface area contributed by atoms with Crippen molar-refractivity contribution in [1.29, 1.82) is 5.26 Å². The third-order valence-corrected chi connectivity index (χ3v) is 1.89. The molecule has 0 bridgehead atoms. The first-order valence-electron chi connectivity index (χ1n) is 4.58. The first-order chi connectivity index (χ1) is 7.13. The van der Waals surface area contributed by atoms with Crippen LogP contribution in [-0.4, -0.2) is 11.0 Å². The lowest BCUT2D eigenvalue weighted by molar-refractivity contribution is -0.115. The lowest BCUT2D eigenvalue weighted by atomic mass is 10.1. The molecular weight excluding hydrogens is 192 g/mol. The summed E-state index contributed by atoms with van der Waals surface area (Å²) in [6, 6.07) is 8.66. The summed E-state index contributed by atoms with van der Waals surface area (Å²) in [6.07, 6.45) is -0.739. The van der Waals surface area contributed by atoms with Crippen molar-refractivity contribution in [3.63, 3.8) is 0 Å². The second-order valence-corrected chi connectivity index (χ2v) is 3.18. The normalized spacial score (nSPS) is 11.5. The summed E-state index contributed by atoms with van der Waals surface area (Å²) in [4.78, 5) is 11.1. The van der Waals surface area contributed by atoms with Crippen molar-refractivity contribution < 1.29 is 9.90 Å². The van der Waals surface area contributed by atoms with Crippen LogP contribution in [0.15, 0.2) is 24.3 Å². The molecule has 1 aromatic rings. The number of hydrogen-bond acceptors (Lipinski definition) is 3. The van der Waals surface area contributed by atoms with Crippen molar-refractivity contribution in [1.82, 2.24) is 0 Å². The number of amides is 1. The van der Waals surface area contributed by atoms with E-state index in [9.17, 15) is 9.90 Å². The summed E-state index contributed by atoms with van der Waals surface area (Å²) in [6.45, 7) is 1.65. The fourth-order valence-corrected chi connectivity index (χ4v) is 1.15. The summed E-state index contributed by atoms with van der Waals surface area (Å²) in [5, 5.41) is 20.2. The van der Waals surface area contributed by atoms with Crippen molar-refractivity contribution in [2.45, 2.75) is 19.4 Å². The number of nitrogens with one attached hydrogen (secondary N) is 1. The van der Waals surface area contributed by atoms with E-state index in [2.05, 4.69) is 5.32 Å². The molecule has 1 atom stereocenters. The quantitative estimate of drug-likeness (QED) is 0.785. The summed E-state index contributed by atoms with van der Waals surface area (Å²) < 4.78 is 0. The highest BCUT2D eigenvalue weighted by Gasteiger charge is 2.04. The van der Waals surface area contributed by atoms with E-state index in [1.165, 1.54) is 0 Å². The van der Waals surface area contributed by atoms with Gasteiger partial charge in [-0.1, -0.05) is 12.1 Å². The van der Waals surface area contributed by atoms with E-state index in [-0.39, 0.29) is 12.3 Å². The topological polar surface area (TPSA) is 73.1 Å². The second-order valence-electron chi connectivity index (χ2n) is 3.18. The van der Waals surface area contributed by atoms with Crippen molar-refractivity contribution in [3.05, 3.63) is 29.8 Å². The highest BCUT2D eigenvalue weighted by Crippen LogP contribution is 2.16. The van der Waals surface area contributed by atoms with Gasteiger partial charge in [-0.3, -0.25) is 4.79 Å². The fraction of sp³-hybridized carbons (Fsp3) is 0.273. The van der Waals surface area contributed by atoms with Crippen LogP contribution < -0.4 is 5.32 Å². The molecule has 0 radical (unpaired) electrons. The van der Waals surface area contributed by atoms with Crippen LogP contribution in [0.1, 0.15) is 25.0 Å². The minimum Gasteiger partial charge on any atom is -0.389 e. The predicted molar refractivity (Wildman–Crippen MR) is 55.9 cm³/mol. The van der Waals surface area contributed by atoms with Crippen LogP contribution >= 0.6 is 0 Å². The molecular formula is C11H12N2O2. The number of nitriles is 1. The van der Waals surface area contributed by atoms with Crippen molar-refractivity contribution in [3.8, 4) is 6.07 Å². The molecule has 15 heavy (non-hydrogen) atoms. The Kier molecular flexibility index (Phi) is 3.83. The smallest absolute Gasteiger partial charge is 0.238 e. The van der Waals surface area contributed by atoms with E-state index in [4.69, 9.17) is 5.26 Å². The maximum Gasteiger partial charge on any atom is 0.238 e. The number of aliphatic hydroxyl groups excluding tert-OH is 1. The molecule has 0 fully saturated rings. The number of carbonyl (C=O) groups is 1. The van der Waals surface area contributed by atoms with Gasteiger partial charge >= 0.3 is 0 Å². The van der Waals surface area contributed by atoms with Gasteiger partial charge in [0.05, 0.1) is 12.2 Å². The molecule has 1 unspecified atom stereocenters. The first kappa shape index (κ1) is 11.2. The molecule has 2 N–H and O–H groups in total. The molecule has 0 heterocycles. The zero-order chi connectivity index (χ0) is 11.3. The zero-order valence-corrected chi connectivity index (χ0v) is 8.40. The van der Waals surface area contributed by atoms with Gasteiger partial charge in [-0.15, -0.1) is 0 Å². The standard InChI is InChI=1S/C11H12N2O2/c1-8(14)9-3-2-4-10(7-9)13-11(15)5-6-12/h2-4,7-8,14H,5H2,1H3,(H,13,15). The van der Waals surface area contributed by atoms with E-state index in [1.807, 2.05) is 0 Å². The minimum absolute atomic E-state index is 0.168. The third kappa shape index (κ3) is 3.41. The maximum absolute atomic E-state index is 11.1. The Morgan fingerprint density at radius 3 is 3.00 bits per heavy atom. The van der Waals surface area contributed by atoms with Gasteiger partial charge in [0.1, 0.15) is 6.42 Å². The van der Waals surface area contributed by atoms with Gasteiger partial charge in [0.25, 0.3) is 0 Å². The van der Waals surface area contributed by atoms with Gasteiger partial charge in [-0.2, -0.15) is 5.26 Å². The minimum atomic E-state index is -0.571. The Balaban J connectivity index is 2.74. The molecule has 0 aliphatic rings. The number of hydrogen-bond donors (Lipinski definition) is 2. The number of aliphatic hydroxyl groups is 1. The number of rotatable bonds is 3. The van der Waals surface area contributed by atoms with Crippen LogP contribution in [0.3, 0.4) is 0 Å². The number of benzene rings is 1. The Hall–Kier alpha value is -1.86. The Morgan fingerprint density at radius 2 is 2.40 bits per heavy atom. The monoisotopic (exact) mass is 204 g/mol. The molecule has 0 saturated heterocycles. The SMILES string of the molecule is CC(O)c1cccc(NC(=O)CC#N)c1. The molecule has 0 aromatic heterocycles.